The summed E-state index contributed by atoms with van der Waals surface area (Å²) in [6.07, 6.45) is -1.42. The summed E-state index contributed by atoms with van der Waals surface area (Å²) in [5.41, 5.74) is 3.98. The van der Waals surface area contributed by atoms with Crippen molar-refractivity contribution in [2.24, 2.45) is 5.73 Å². The molecule has 1 aromatic carbocycles. The average molecular weight is 233 g/mol. The number of aryl methyl sites for hydroxylation is 1. The average Bonchev–Trinajstić information content (AvgIpc) is 1.95. The lowest BCUT2D eigenvalue weighted by atomic mass is 9.69. The van der Waals surface area contributed by atoms with Crippen LogP contribution < -0.4 is 5.73 Å². The van der Waals surface area contributed by atoms with Crippen LogP contribution in [0, 0.1) is 18.6 Å². The van der Waals surface area contributed by atoms with E-state index < -0.39 is 41.5 Å². The zero-order chi connectivity index (χ0) is 12.1. The van der Waals surface area contributed by atoms with E-state index in [1.54, 1.807) is 0 Å². The number of hydrogen-bond donors (Lipinski definition) is 1. The molecular weight excluding hydrogens is 222 g/mol. The molecule has 5 heteroatoms. The van der Waals surface area contributed by atoms with Crippen molar-refractivity contribution in [3.05, 3.63) is 34.9 Å². The van der Waals surface area contributed by atoms with Crippen LogP contribution in [0.4, 0.5) is 17.6 Å². The van der Waals surface area contributed by atoms with Crippen LogP contribution in [0.1, 0.15) is 24.0 Å². The Balaban J connectivity index is 2.43. The molecule has 0 spiro atoms. The predicted molar refractivity (Wildman–Crippen MR) is 51.1 cm³/mol. The fraction of sp³-hybridized carbons (Fsp3) is 0.455. The summed E-state index contributed by atoms with van der Waals surface area (Å²) < 4.78 is 52.5. The molecule has 0 unspecified atom stereocenters. The van der Waals surface area contributed by atoms with Crippen LogP contribution in [-0.2, 0) is 5.54 Å². The molecule has 1 saturated carbocycles. The van der Waals surface area contributed by atoms with Gasteiger partial charge in [0.2, 0.25) is 0 Å². The Labute approximate surface area is 90.3 Å². The van der Waals surface area contributed by atoms with E-state index in [0.717, 1.165) is 12.1 Å². The molecule has 1 aliphatic rings. The van der Waals surface area contributed by atoms with Gasteiger partial charge in [0.1, 0.15) is 11.6 Å². The van der Waals surface area contributed by atoms with Gasteiger partial charge in [0.05, 0.1) is 5.54 Å². The molecule has 0 aliphatic heterocycles. The standard InChI is InChI=1S/C11H11F4N/c1-6-2-7(12)9(8(13)3-6)10(16)4-11(14,15)5-10/h2-3H,4-5,16H2,1H3. The van der Waals surface area contributed by atoms with Gasteiger partial charge in [0.25, 0.3) is 5.92 Å². The van der Waals surface area contributed by atoms with Gasteiger partial charge >= 0.3 is 0 Å². The number of nitrogens with two attached hydrogens (primary N) is 1. The molecule has 0 bridgehead atoms. The van der Waals surface area contributed by atoms with Crippen LogP contribution in [0.3, 0.4) is 0 Å². The van der Waals surface area contributed by atoms with Crippen LogP contribution in [-0.4, -0.2) is 5.92 Å². The third-order valence-corrected chi connectivity index (χ3v) is 2.83. The summed E-state index contributed by atoms with van der Waals surface area (Å²) in [6, 6.07) is 2.20. The maximum Gasteiger partial charge on any atom is 0.252 e. The van der Waals surface area contributed by atoms with Crippen molar-refractivity contribution >= 4 is 0 Å². The van der Waals surface area contributed by atoms with Gasteiger partial charge in [-0.3, -0.25) is 0 Å². The number of hydrogen-bond acceptors (Lipinski definition) is 1. The van der Waals surface area contributed by atoms with Gasteiger partial charge in [-0.05, 0) is 24.6 Å². The van der Waals surface area contributed by atoms with Gasteiger partial charge in [0.15, 0.2) is 0 Å². The Kier molecular flexibility index (Phi) is 2.28. The minimum atomic E-state index is -2.92. The Hall–Kier alpha value is -1.10. The lowest BCUT2D eigenvalue weighted by Gasteiger charge is -2.44. The molecule has 0 aromatic heterocycles. The number of halogens is 4. The third-order valence-electron chi connectivity index (χ3n) is 2.83. The molecule has 1 aliphatic carbocycles. The lowest BCUT2D eigenvalue weighted by Crippen LogP contribution is -2.56. The van der Waals surface area contributed by atoms with Gasteiger partial charge in [0, 0.05) is 18.4 Å². The largest absolute Gasteiger partial charge is 0.321 e. The Morgan fingerprint density at radius 1 is 1.12 bits per heavy atom. The number of benzene rings is 1. The zero-order valence-electron chi connectivity index (χ0n) is 8.66. The van der Waals surface area contributed by atoms with Crippen molar-refractivity contribution in [3.8, 4) is 0 Å². The van der Waals surface area contributed by atoms with Crippen molar-refractivity contribution in [3.63, 3.8) is 0 Å². The van der Waals surface area contributed by atoms with Crippen LogP contribution in [0.25, 0.3) is 0 Å². The van der Waals surface area contributed by atoms with Crippen LogP contribution in [0.15, 0.2) is 12.1 Å². The van der Waals surface area contributed by atoms with Crippen molar-refractivity contribution < 1.29 is 17.6 Å². The number of alkyl halides is 2. The molecular formula is C11H11F4N. The second kappa shape index (κ2) is 3.20. The fourth-order valence-corrected chi connectivity index (χ4v) is 2.22. The number of rotatable bonds is 1. The normalized spacial score (nSPS) is 21.6. The zero-order valence-corrected chi connectivity index (χ0v) is 8.66. The van der Waals surface area contributed by atoms with E-state index >= 15 is 0 Å². The molecule has 0 radical (unpaired) electrons. The molecule has 16 heavy (non-hydrogen) atoms. The first kappa shape index (κ1) is 11.4. The highest BCUT2D eigenvalue weighted by Crippen LogP contribution is 2.51. The summed E-state index contributed by atoms with van der Waals surface area (Å²) in [5, 5.41) is 0. The summed E-state index contributed by atoms with van der Waals surface area (Å²) in [4.78, 5) is 0. The first-order valence-electron chi connectivity index (χ1n) is 4.86. The quantitative estimate of drug-likeness (QED) is 0.741. The predicted octanol–water partition coefficient (Wildman–Crippen LogP) is 2.86. The van der Waals surface area contributed by atoms with Crippen LogP contribution in [0.5, 0.6) is 0 Å². The molecule has 0 atom stereocenters. The van der Waals surface area contributed by atoms with Gasteiger partial charge in [-0.1, -0.05) is 0 Å². The first-order valence-corrected chi connectivity index (χ1v) is 4.86. The van der Waals surface area contributed by atoms with Crippen molar-refractivity contribution in [1.29, 1.82) is 0 Å². The van der Waals surface area contributed by atoms with Crippen molar-refractivity contribution in [2.45, 2.75) is 31.2 Å². The highest BCUT2D eigenvalue weighted by atomic mass is 19.3. The maximum atomic E-state index is 13.5. The first-order chi connectivity index (χ1) is 7.23. The summed E-state index contributed by atoms with van der Waals surface area (Å²) in [5.74, 6) is -4.62. The third kappa shape index (κ3) is 1.69. The molecule has 2 N–H and O–H groups in total. The minimum absolute atomic E-state index is 0.397. The van der Waals surface area contributed by atoms with E-state index in [0.29, 0.717) is 5.56 Å². The SMILES string of the molecule is Cc1cc(F)c(C2(N)CC(F)(F)C2)c(F)c1. The van der Waals surface area contributed by atoms with E-state index in [1.165, 1.54) is 6.92 Å². The molecule has 88 valence electrons. The summed E-state index contributed by atoms with van der Waals surface area (Å²) in [7, 11) is 0. The van der Waals surface area contributed by atoms with E-state index in [-0.39, 0.29) is 0 Å². The van der Waals surface area contributed by atoms with E-state index in [1.807, 2.05) is 0 Å². The molecule has 0 saturated heterocycles. The van der Waals surface area contributed by atoms with Gasteiger partial charge in [-0.25, -0.2) is 17.6 Å². The molecule has 2 rings (SSSR count). The van der Waals surface area contributed by atoms with Gasteiger partial charge in [-0.15, -0.1) is 0 Å². The van der Waals surface area contributed by atoms with E-state index in [2.05, 4.69) is 0 Å². The van der Waals surface area contributed by atoms with E-state index in [4.69, 9.17) is 5.73 Å². The Morgan fingerprint density at radius 2 is 1.56 bits per heavy atom. The Morgan fingerprint density at radius 3 is 1.94 bits per heavy atom. The second-order valence-corrected chi connectivity index (χ2v) is 4.47. The topological polar surface area (TPSA) is 26.0 Å². The monoisotopic (exact) mass is 233 g/mol. The minimum Gasteiger partial charge on any atom is -0.321 e. The van der Waals surface area contributed by atoms with E-state index in [9.17, 15) is 17.6 Å². The van der Waals surface area contributed by atoms with Crippen molar-refractivity contribution in [1.82, 2.24) is 0 Å². The van der Waals surface area contributed by atoms with Crippen molar-refractivity contribution in [2.75, 3.05) is 0 Å². The molecule has 1 fully saturated rings. The van der Waals surface area contributed by atoms with Gasteiger partial charge < -0.3 is 5.73 Å². The van der Waals surface area contributed by atoms with Crippen LogP contribution in [0.2, 0.25) is 0 Å². The lowest BCUT2D eigenvalue weighted by molar-refractivity contribution is -0.126. The molecule has 0 amide bonds. The van der Waals surface area contributed by atoms with Crippen LogP contribution >= 0.6 is 0 Å². The second-order valence-electron chi connectivity index (χ2n) is 4.47. The molecule has 1 nitrogen and oxygen atoms in total. The molecule has 1 aromatic rings. The highest BCUT2D eigenvalue weighted by molar-refractivity contribution is 5.34. The fourth-order valence-electron chi connectivity index (χ4n) is 2.22. The smallest absolute Gasteiger partial charge is 0.252 e. The molecule has 0 heterocycles. The summed E-state index contributed by atoms with van der Waals surface area (Å²) in [6.45, 7) is 1.52. The van der Waals surface area contributed by atoms with Gasteiger partial charge in [-0.2, -0.15) is 0 Å². The Bertz CT molecular complexity index is 411. The maximum absolute atomic E-state index is 13.5. The highest BCUT2D eigenvalue weighted by Gasteiger charge is 2.57. The summed E-state index contributed by atoms with van der Waals surface area (Å²) >= 11 is 0.